The number of nitro groups is 1. The second-order valence-corrected chi connectivity index (χ2v) is 5.33. The molecule has 0 aliphatic rings. The van der Waals surface area contributed by atoms with Crippen molar-refractivity contribution in [3.05, 3.63) is 55.8 Å². The Labute approximate surface area is 119 Å². The molecule has 1 heterocycles. The van der Waals surface area contributed by atoms with Gasteiger partial charge in [0, 0.05) is 29.2 Å². The maximum Gasteiger partial charge on any atom is 0.305 e. The minimum absolute atomic E-state index is 0.0348. The van der Waals surface area contributed by atoms with E-state index in [-0.39, 0.29) is 18.2 Å². The smallest absolute Gasteiger partial charge is 0.304 e. The maximum atomic E-state index is 13.9. The Hall–Kier alpha value is -1.86. The fourth-order valence-electron chi connectivity index (χ4n) is 1.77. The van der Waals surface area contributed by atoms with Crippen LogP contribution in [0.1, 0.15) is 29.2 Å². The van der Waals surface area contributed by atoms with Crippen molar-refractivity contribution in [3.8, 4) is 0 Å². The summed E-state index contributed by atoms with van der Waals surface area (Å²) in [4.78, 5) is 14.3. The molecule has 0 fully saturated rings. The zero-order chi connectivity index (χ0) is 14.7. The minimum Gasteiger partial charge on any atom is -0.304 e. The number of nitrogens with one attached hydrogen (secondary N) is 1. The standard InChI is InChI=1S/C13H14FN3O2S/c1-8-7-20-13(16-8)9(2)15-6-10-4-3-5-11(12(10)14)17(18)19/h3-5,7,9,15H,6H2,1-2H3. The van der Waals surface area contributed by atoms with Gasteiger partial charge < -0.3 is 5.32 Å². The van der Waals surface area contributed by atoms with Gasteiger partial charge in [0.25, 0.3) is 0 Å². The van der Waals surface area contributed by atoms with E-state index in [0.717, 1.165) is 16.8 Å². The Kier molecular flexibility index (Phi) is 4.41. The van der Waals surface area contributed by atoms with E-state index < -0.39 is 16.4 Å². The van der Waals surface area contributed by atoms with Crippen molar-refractivity contribution in [1.82, 2.24) is 10.3 Å². The number of thiazole rings is 1. The summed E-state index contributed by atoms with van der Waals surface area (Å²) in [7, 11) is 0. The number of aryl methyl sites for hydroxylation is 1. The molecular formula is C13H14FN3O2S. The molecule has 1 aromatic heterocycles. The second-order valence-electron chi connectivity index (χ2n) is 4.44. The van der Waals surface area contributed by atoms with E-state index in [9.17, 15) is 14.5 Å². The summed E-state index contributed by atoms with van der Waals surface area (Å²) in [6, 6.07) is 4.14. The first-order chi connectivity index (χ1) is 9.49. The SMILES string of the molecule is Cc1csc(C(C)NCc2cccc([N+](=O)[O-])c2F)n1. The zero-order valence-electron chi connectivity index (χ0n) is 11.1. The van der Waals surface area contributed by atoms with Gasteiger partial charge in [-0.1, -0.05) is 12.1 Å². The highest BCUT2D eigenvalue weighted by atomic mass is 32.1. The fourth-order valence-corrected chi connectivity index (χ4v) is 2.59. The average Bonchev–Trinajstić information content (AvgIpc) is 2.83. The van der Waals surface area contributed by atoms with Crippen molar-refractivity contribution in [2.75, 3.05) is 0 Å². The molecule has 2 rings (SSSR count). The normalized spacial score (nSPS) is 12.3. The Morgan fingerprint density at radius 3 is 2.90 bits per heavy atom. The highest BCUT2D eigenvalue weighted by molar-refractivity contribution is 7.09. The lowest BCUT2D eigenvalue weighted by Crippen LogP contribution is -2.19. The van der Waals surface area contributed by atoms with Crippen LogP contribution in [0.3, 0.4) is 0 Å². The molecule has 2 aromatic rings. The highest BCUT2D eigenvalue weighted by Gasteiger charge is 2.17. The van der Waals surface area contributed by atoms with Crippen LogP contribution in [0.4, 0.5) is 10.1 Å². The first kappa shape index (κ1) is 14.5. The lowest BCUT2D eigenvalue weighted by molar-refractivity contribution is -0.387. The van der Waals surface area contributed by atoms with E-state index in [1.807, 2.05) is 19.2 Å². The van der Waals surface area contributed by atoms with Gasteiger partial charge in [-0.25, -0.2) is 4.98 Å². The Morgan fingerprint density at radius 1 is 1.55 bits per heavy atom. The summed E-state index contributed by atoms with van der Waals surface area (Å²) in [5.74, 6) is -0.785. The third-order valence-corrected chi connectivity index (χ3v) is 4.01. The number of aromatic nitrogens is 1. The summed E-state index contributed by atoms with van der Waals surface area (Å²) in [5, 5.41) is 16.7. The van der Waals surface area contributed by atoms with Crippen LogP contribution in [-0.2, 0) is 6.54 Å². The molecule has 1 N–H and O–H groups in total. The number of halogens is 1. The molecule has 106 valence electrons. The van der Waals surface area contributed by atoms with E-state index in [1.54, 1.807) is 0 Å². The number of nitrogens with zero attached hydrogens (tertiary/aromatic N) is 2. The number of rotatable bonds is 5. The van der Waals surface area contributed by atoms with Crippen LogP contribution in [-0.4, -0.2) is 9.91 Å². The molecule has 7 heteroatoms. The third-order valence-electron chi connectivity index (χ3n) is 2.86. The number of hydrogen-bond acceptors (Lipinski definition) is 5. The molecule has 1 atom stereocenters. The fraction of sp³-hybridized carbons (Fsp3) is 0.308. The van der Waals surface area contributed by atoms with Crippen LogP contribution < -0.4 is 5.32 Å². The first-order valence-corrected chi connectivity index (χ1v) is 6.94. The van der Waals surface area contributed by atoms with Gasteiger partial charge in [0.1, 0.15) is 5.01 Å². The minimum atomic E-state index is -0.785. The summed E-state index contributed by atoms with van der Waals surface area (Å²) in [5.41, 5.74) is 0.724. The topological polar surface area (TPSA) is 68.1 Å². The molecule has 0 spiro atoms. The van der Waals surface area contributed by atoms with Crippen LogP contribution in [0, 0.1) is 22.9 Å². The predicted octanol–water partition coefficient (Wildman–Crippen LogP) is 3.35. The van der Waals surface area contributed by atoms with Gasteiger partial charge in [-0.15, -0.1) is 11.3 Å². The average molecular weight is 295 g/mol. The van der Waals surface area contributed by atoms with Crippen molar-refractivity contribution in [2.45, 2.75) is 26.4 Å². The monoisotopic (exact) mass is 295 g/mol. The first-order valence-electron chi connectivity index (χ1n) is 6.06. The number of benzene rings is 1. The Bertz CT molecular complexity index is 630. The second kappa shape index (κ2) is 6.06. The van der Waals surface area contributed by atoms with Gasteiger partial charge >= 0.3 is 5.69 Å². The lowest BCUT2D eigenvalue weighted by atomic mass is 10.1. The van der Waals surface area contributed by atoms with Crippen molar-refractivity contribution < 1.29 is 9.31 Å². The van der Waals surface area contributed by atoms with E-state index in [0.29, 0.717) is 0 Å². The van der Waals surface area contributed by atoms with E-state index in [2.05, 4.69) is 10.3 Å². The van der Waals surface area contributed by atoms with Gasteiger partial charge in [-0.2, -0.15) is 4.39 Å². The highest BCUT2D eigenvalue weighted by Crippen LogP contribution is 2.22. The van der Waals surface area contributed by atoms with Gasteiger partial charge in [0.15, 0.2) is 0 Å². The van der Waals surface area contributed by atoms with Crippen LogP contribution in [0.25, 0.3) is 0 Å². The molecule has 5 nitrogen and oxygen atoms in total. The van der Waals surface area contributed by atoms with Crippen molar-refractivity contribution in [1.29, 1.82) is 0 Å². The molecule has 0 aliphatic heterocycles. The largest absolute Gasteiger partial charge is 0.305 e. The van der Waals surface area contributed by atoms with E-state index >= 15 is 0 Å². The van der Waals surface area contributed by atoms with Gasteiger partial charge in [0.05, 0.1) is 11.0 Å². The molecule has 0 saturated heterocycles. The lowest BCUT2D eigenvalue weighted by Gasteiger charge is -2.11. The van der Waals surface area contributed by atoms with E-state index in [1.165, 1.54) is 23.5 Å². The summed E-state index contributed by atoms with van der Waals surface area (Å²) in [6.45, 7) is 4.05. The molecule has 1 aromatic carbocycles. The summed E-state index contributed by atoms with van der Waals surface area (Å²) >= 11 is 1.53. The molecule has 0 amide bonds. The molecule has 0 aliphatic carbocycles. The Morgan fingerprint density at radius 2 is 2.30 bits per heavy atom. The number of nitro benzene ring substituents is 1. The van der Waals surface area contributed by atoms with Gasteiger partial charge in [-0.05, 0) is 13.8 Å². The molecule has 1 unspecified atom stereocenters. The van der Waals surface area contributed by atoms with Crippen molar-refractivity contribution in [2.24, 2.45) is 0 Å². The summed E-state index contributed by atoms with van der Waals surface area (Å²) in [6.07, 6.45) is 0. The molecule has 0 saturated carbocycles. The van der Waals surface area contributed by atoms with Crippen LogP contribution in [0.15, 0.2) is 23.6 Å². The molecule has 0 bridgehead atoms. The van der Waals surface area contributed by atoms with Gasteiger partial charge in [0.2, 0.25) is 5.82 Å². The molecular weight excluding hydrogens is 281 g/mol. The van der Waals surface area contributed by atoms with Crippen LogP contribution in [0.5, 0.6) is 0 Å². The molecule has 20 heavy (non-hydrogen) atoms. The van der Waals surface area contributed by atoms with Crippen LogP contribution >= 0.6 is 11.3 Å². The quantitative estimate of drug-likeness (QED) is 0.678. The van der Waals surface area contributed by atoms with Crippen LogP contribution in [0.2, 0.25) is 0 Å². The zero-order valence-corrected chi connectivity index (χ0v) is 11.9. The Balaban J connectivity index is 2.08. The van der Waals surface area contributed by atoms with Crippen molar-refractivity contribution in [3.63, 3.8) is 0 Å². The van der Waals surface area contributed by atoms with E-state index in [4.69, 9.17) is 0 Å². The summed E-state index contributed by atoms with van der Waals surface area (Å²) < 4.78 is 13.9. The molecule has 0 radical (unpaired) electrons. The predicted molar refractivity (Wildman–Crippen MR) is 75.2 cm³/mol. The van der Waals surface area contributed by atoms with Crippen molar-refractivity contribution >= 4 is 17.0 Å². The number of hydrogen-bond donors (Lipinski definition) is 1. The third kappa shape index (κ3) is 3.17. The maximum absolute atomic E-state index is 13.9. The van der Waals surface area contributed by atoms with Gasteiger partial charge in [-0.3, -0.25) is 10.1 Å².